The number of aryl methyl sites for hydroxylation is 1. The van der Waals surface area contributed by atoms with Gasteiger partial charge in [0.15, 0.2) is 0 Å². The molecule has 1 aliphatic rings. The van der Waals surface area contributed by atoms with E-state index in [2.05, 4.69) is 34.7 Å². The second kappa shape index (κ2) is 5.45. The van der Waals surface area contributed by atoms with Gasteiger partial charge in [-0.05, 0) is 23.3 Å². The molecule has 1 aromatic carbocycles. The van der Waals surface area contributed by atoms with Crippen molar-refractivity contribution in [3.05, 3.63) is 47.3 Å². The van der Waals surface area contributed by atoms with E-state index >= 15 is 0 Å². The predicted molar refractivity (Wildman–Crippen MR) is 74.3 cm³/mol. The summed E-state index contributed by atoms with van der Waals surface area (Å²) in [6.07, 6.45) is 3.89. The molecule has 0 radical (unpaired) electrons. The van der Waals surface area contributed by atoms with Crippen LogP contribution in [-0.2, 0) is 26.4 Å². The minimum atomic E-state index is 0.826. The fourth-order valence-electron chi connectivity index (χ4n) is 2.45. The highest BCUT2D eigenvalue weighted by Crippen LogP contribution is 2.25. The van der Waals surface area contributed by atoms with Gasteiger partial charge in [0.1, 0.15) is 5.75 Å². The topological polar surface area (TPSA) is 39.1 Å². The van der Waals surface area contributed by atoms with Crippen LogP contribution in [0.15, 0.2) is 30.5 Å². The van der Waals surface area contributed by atoms with Gasteiger partial charge in [-0.3, -0.25) is 4.68 Å². The van der Waals surface area contributed by atoms with Crippen LogP contribution in [0.25, 0.3) is 0 Å². The molecule has 2 heterocycles. The lowest BCUT2D eigenvalue weighted by Crippen LogP contribution is -2.17. The molecule has 0 fully saturated rings. The molecule has 2 aromatic rings. The van der Waals surface area contributed by atoms with E-state index in [0.29, 0.717) is 0 Å². The molecule has 0 saturated heterocycles. The molecule has 0 aliphatic carbocycles. The third-order valence-electron chi connectivity index (χ3n) is 3.56. The van der Waals surface area contributed by atoms with Crippen molar-refractivity contribution in [2.24, 2.45) is 7.05 Å². The number of rotatable bonds is 5. The van der Waals surface area contributed by atoms with Crippen molar-refractivity contribution in [1.29, 1.82) is 0 Å². The van der Waals surface area contributed by atoms with Crippen molar-refractivity contribution in [3.8, 4) is 5.75 Å². The zero-order valence-electron chi connectivity index (χ0n) is 11.2. The molecule has 4 heteroatoms. The first kappa shape index (κ1) is 12.2. The summed E-state index contributed by atoms with van der Waals surface area (Å²) in [5.74, 6) is 1.05. The average Bonchev–Trinajstić information content (AvgIpc) is 3.03. The van der Waals surface area contributed by atoms with Gasteiger partial charge in [0.25, 0.3) is 0 Å². The molecular weight excluding hydrogens is 238 g/mol. The first-order chi connectivity index (χ1) is 9.33. The number of fused-ring (bicyclic) bond motifs is 1. The molecule has 100 valence electrons. The van der Waals surface area contributed by atoms with Crippen LogP contribution in [0, 0.1) is 0 Å². The van der Waals surface area contributed by atoms with Crippen LogP contribution in [0.5, 0.6) is 5.75 Å². The molecule has 1 N–H and O–H groups in total. The fraction of sp³-hybridized carbons (Fsp3) is 0.400. The van der Waals surface area contributed by atoms with Crippen molar-refractivity contribution >= 4 is 0 Å². The molecule has 1 aromatic heterocycles. The van der Waals surface area contributed by atoms with E-state index in [4.69, 9.17) is 4.74 Å². The minimum absolute atomic E-state index is 0.826. The maximum atomic E-state index is 5.51. The van der Waals surface area contributed by atoms with Gasteiger partial charge in [-0.1, -0.05) is 12.1 Å². The van der Waals surface area contributed by atoms with Crippen LogP contribution >= 0.6 is 0 Å². The zero-order chi connectivity index (χ0) is 13.1. The average molecular weight is 257 g/mol. The lowest BCUT2D eigenvalue weighted by molar-refractivity contribution is 0.357. The normalized spacial score (nSPS) is 13.3. The summed E-state index contributed by atoms with van der Waals surface area (Å²) in [5.41, 5.74) is 3.93. The molecule has 3 rings (SSSR count). The highest BCUT2D eigenvalue weighted by Gasteiger charge is 2.11. The summed E-state index contributed by atoms with van der Waals surface area (Å²) < 4.78 is 7.44. The van der Waals surface area contributed by atoms with E-state index in [1.54, 1.807) is 0 Å². The number of nitrogens with one attached hydrogen (secondary N) is 1. The maximum Gasteiger partial charge on any atom is 0.122 e. The quantitative estimate of drug-likeness (QED) is 0.828. The maximum absolute atomic E-state index is 5.51. The summed E-state index contributed by atoms with van der Waals surface area (Å²) in [7, 11) is 1.98. The van der Waals surface area contributed by atoms with Crippen molar-refractivity contribution in [2.75, 3.05) is 13.2 Å². The molecule has 19 heavy (non-hydrogen) atoms. The number of benzene rings is 1. The smallest absolute Gasteiger partial charge is 0.122 e. The summed E-state index contributed by atoms with van der Waals surface area (Å²) in [6, 6.07) is 8.54. The summed E-state index contributed by atoms with van der Waals surface area (Å²) in [5, 5.41) is 7.64. The standard InChI is InChI=1S/C15H19N3O/c1-18-14(5-8-17-18)4-7-16-11-12-2-3-15-13(10-12)6-9-19-15/h2-3,5,8,10,16H,4,6-7,9,11H2,1H3. The van der Waals surface area contributed by atoms with Crippen LogP contribution in [0.1, 0.15) is 16.8 Å². The van der Waals surface area contributed by atoms with Gasteiger partial charge in [-0.2, -0.15) is 5.10 Å². The SMILES string of the molecule is Cn1nccc1CCNCc1ccc2c(c1)CCO2. The number of ether oxygens (including phenoxy) is 1. The Bertz CT molecular complexity index is 562. The van der Waals surface area contributed by atoms with Crippen molar-refractivity contribution < 1.29 is 4.74 Å². The van der Waals surface area contributed by atoms with E-state index in [1.807, 2.05) is 17.9 Å². The first-order valence-corrected chi connectivity index (χ1v) is 6.75. The molecule has 0 spiro atoms. The van der Waals surface area contributed by atoms with Gasteiger partial charge >= 0.3 is 0 Å². The van der Waals surface area contributed by atoms with Crippen molar-refractivity contribution in [3.63, 3.8) is 0 Å². The Morgan fingerprint density at radius 1 is 1.37 bits per heavy atom. The van der Waals surface area contributed by atoms with Gasteiger partial charge < -0.3 is 10.1 Å². The third-order valence-corrected chi connectivity index (χ3v) is 3.56. The lowest BCUT2D eigenvalue weighted by atomic mass is 10.1. The Kier molecular flexibility index (Phi) is 3.51. The first-order valence-electron chi connectivity index (χ1n) is 6.75. The Hall–Kier alpha value is -1.81. The Labute approximate surface area is 113 Å². The van der Waals surface area contributed by atoms with Crippen molar-refractivity contribution in [2.45, 2.75) is 19.4 Å². The molecule has 0 amide bonds. The number of hydrogen-bond donors (Lipinski definition) is 1. The van der Waals surface area contributed by atoms with Gasteiger partial charge in [-0.25, -0.2) is 0 Å². The summed E-state index contributed by atoms with van der Waals surface area (Å²) >= 11 is 0. The van der Waals surface area contributed by atoms with Gasteiger partial charge in [-0.15, -0.1) is 0 Å². The van der Waals surface area contributed by atoms with E-state index < -0.39 is 0 Å². The van der Waals surface area contributed by atoms with Crippen LogP contribution in [0.4, 0.5) is 0 Å². The van der Waals surface area contributed by atoms with E-state index in [-0.39, 0.29) is 0 Å². The van der Waals surface area contributed by atoms with E-state index in [9.17, 15) is 0 Å². The van der Waals surface area contributed by atoms with Gasteiger partial charge in [0.05, 0.1) is 6.61 Å². The molecule has 0 atom stereocenters. The fourth-order valence-corrected chi connectivity index (χ4v) is 2.45. The second-order valence-corrected chi connectivity index (χ2v) is 4.91. The predicted octanol–water partition coefficient (Wildman–Crippen LogP) is 1.69. The largest absolute Gasteiger partial charge is 0.493 e. The Morgan fingerprint density at radius 2 is 2.32 bits per heavy atom. The van der Waals surface area contributed by atoms with E-state index in [1.165, 1.54) is 16.8 Å². The highest BCUT2D eigenvalue weighted by atomic mass is 16.5. The van der Waals surface area contributed by atoms with E-state index in [0.717, 1.165) is 38.3 Å². The lowest BCUT2D eigenvalue weighted by Gasteiger charge is -2.07. The third kappa shape index (κ3) is 2.79. The van der Waals surface area contributed by atoms with Crippen LogP contribution in [-0.4, -0.2) is 22.9 Å². The molecular formula is C15H19N3O. The second-order valence-electron chi connectivity index (χ2n) is 4.91. The molecule has 0 bridgehead atoms. The Morgan fingerprint density at radius 3 is 3.16 bits per heavy atom. The van der Waals surface area contributed by atoms with Crippen molar-refractivity contribution in [1.82, 2.24) is 15.1 Å². The number of hydrogen-bond acceptors (Lipinski definition) is 3. The summed E-state index contributed by atoms with van der Waals surface area (Å²) in [4.78, 5) is 0. The van der Waals surface area contributed by atoms with Crippen LogP contribution < -0.4 is 10.1 Å². The number of nitrogens with zero attached hydrogens (tertiary/aromatic N) is 2. The molecule has 0 saturated carbocycles. The van der Waals surface area contributed by atoms with Gasteiger partial charge in [0, 0.05) is 44.9 Å². The highest BCUT2D eigenvalue weighted by molar-refractivity contribution is 5.39. The number of aromatic nitrogens is 2. The zero-order valence-corrected chi connectivity index (χ0v) is 11.2. The summed E-state index contributed by atoms with van der Waals surface area (Å²) in [6.45, 7) is 2.70. The monoisotopic (exact) mass is 257 g/mol. The molecule has 1 aliphatic heterocycles. The molecule has 0 unspecified atom stereocenters. The van der Waals surface area contributed by atoms with Crippen LogP contribution in [0.3, 0.4) is 0 Å². The molecule has 4 nitrogen and oxygen atoms in total. The van der Waals surface area contributed by atoms with Crippen LogP contribution in [0.2, 0.25) is 0 Å². The minimum Gasteiger partial charge on any atom is -0.493 e. The van der Waals surface area contributed by atoms with Gasteiger partial charge in [0.2, 0.25) is 0 Å². The Balaban J connectivity index is 1.49.